The highest BCUT2D eigenvalue weighted by molar-refractivity contribution is 5.78. The van der Waals surface area contributed by atoms with Crippen LogP contribution in [0.15, 0.2) is 16.5 Å². The molecule has 0 saturated carbocycles. The Hall–Kier alpha value is -2.08. The fourth-order valence-electron chi connectivity index (χ4n) is 3.80. The summed E-state index contributed by atoms with van der Waals surface area (Å²) >= 11 is 0. The Labute approximate surface area is 149 Å². The van der Waals surface area contributed by atoms with E-state index in [0.717, 1.165) is 36.6 Å². The summed E-state index contributed by atoms with van der Waals surface area (Å²) in [5.41, 5.74) is 3.56. The van der Waals surface area contributed by atoms with Gasteiger partial charge in [0.2, 0.25) is 5.91 Å². The second-order valence-electron chi connectivity index (χ2n) is 7.10. The maximum absolute atomic E-state index is 12.7. The van der Waals surface area contributed by atoms with Crippen molar-refractivity contribution in [2.24, 2.45) is 7.05 Å². The third-order valence-corrected chi connectivity index (χ3v) is 5.22. The highest BCUT2D eigenvalue weighted by atomic mass is 16.3. The standard InChI is InChI=1S/C19H28N4O2/c1-13-8-9-16(25-13)11-21(4)18(24)12-23-10-6-7-17(23)19-14(2)20-22(5)15(19)3/h8-9,17H,6-7,10-12H2,1-5H3/t17-/m0/s1. The first-order chi connectivity index (χ1) is 11.9. The normalized spacial score (nSPS) is 18.0. The number of hydrogen-bond acceptors (Lipinski definition) is 4. The van der Waals surface area contributed by atoms with Gasteiger partial charge in [-0.1, -0.05) is 0 Å². The molecule has 1 aliphatic rings. The Morgan fingerprint density at radius 3 is 2.72 bits per heavy atom. The van der Waals surface area contributed by atoms with E-state index < -0.39 is 0 Å². The summed E-state index contributed by atoms with van der Waals surface area (Å²) in [5.74, 6) is 1.82. The molecule has 6 heteroatoms. The van der Waals surface area contributed by atoms with Crippen LogP contribution in [0.2, 0.25) is 0 Å². The van der Waals surface area contributed by atoms with Crippen molar-refractivity contribution in [2.45, 2.75) is 46.2 Å². The highest BCUT2D eigenvalue weighted by Gasteiger charge is 2.32. The molecule has 3 rings (SSSR count). The molecule has 1 aliphatic heterocycles. The number of carbonyl (C=O) groups excluding carboxylic acids is 1. The SMILES string of the molecule is Cc1ccc(CN(C)C(=O)CN2CCC[C@H]2c2c(C)nn(C)c2C)o1. The molecule has 1 atom stereocenters. The molecule has 0 aliphatic carbocycles. The van der Waals surface area contributed by atoms with E-state index in [1.165, 1.54) is 11.3 Å². The highest BCUT2D eigenvalue weighted by Crippen LogP contribution is 2.35. The number of aryl methyl sites for hydroxylation is 3. The van der Waals surface area contributed by atoms with Crippen molar-refractivity contribution >= 4 is 5.91 Å². The van der Waals surface area contributed by atoms with Gasteiger partial charge >= 0.3 is 0 Å². The minimum absolute atomic E-state index is 0.125. The number of likely N-dealkylation sites (N-methyl/N-ethyl adjacent to an activating group) is 1. The number of nitrogens with zero attached hydrogens (tertiary/aromatic N) is 4. The van der Waals surface area contributed by atoms with Crippen molar-refractivity contribution in [3.63, 3.8) is 0 Å². The monoisotopic (exact) mass is 344 g/mol. The van der Waals surface area contributed by atoms with Crippen LogP contribution in [0.3, 0.4) is 0 Å². The summed E-state index contributed by atoms with van der Waals surface area (Å²) in [5, 5.41) is 4.54. The zero-order valence-electron chi connectivity index (χ0n) is 15.9. The average Bonchev–Trinajstić information content (AvgIpc) is 3.22. The molecule has 0 bridgehead atoms. The first-order valence-electron chi connectivity index (χ1n) is 8.90. The predicted octanol–water partition coefficient (Wildman–Crippen LogP) is 2.73. The fourth-order valence-corrected chi connectivity index (χ4v) is 3.80. The van der Waals surface area contributed by atoms with Gasteiger partial charge in [-0.15, -0.1) is 0 Å². The van der Waals surface area contributed by atoms with Crippen LogP contribution in [0, 0.1) is 20.8 Å². The molecule has 3 heterocycles. The van der Waals surface area contributed by atoms with Crippen molar-refractivity contribution in [1.82, 2.24) is 19.6 Å². The van der Waals surface area contributed by atoms with Gasteiger partial charge in [-0.05, 0) is 52.3 Å². The fraction of sp³-hybridized carbons (Fsp3) is 0.579. The molecule has 0 aromatic carbocycles. The topological polar surface area (TPSA) is 54.5 Å². The molecule has 25 heavy (non-hydrogen) atoms. The summed E-state index contributed by atoms with van der Waals surface area (Å²) in [7, 11) is 3.82. The minimum atomic E-state index is 0.125. The van der Waals surface area contributed by atoms with Crippen molar-refractivity contribution in [3.05, 3.63) is 40.6 Å². The number of rotatable bonds is 5. The van der Waals surface area contributed by atoms with E-state index in [1.807, 2.05) is 37.8 Å². The Morgan fingerprint density at radius 2 is 2.12 bits per heavy atom. The Morgan fingerprint density at radius 1 is 1.36 bits per heavy atom. The Kier molecular flexibility index (Phi) is 4.99. The number of carbonyl (C=O) groups is 1. The summed E-state index contributed by atoms with van der Waals surface area (Å²) in [6.07, 6.45) is 2.20. The van der Waals surface area contributed by atoms with E-state index in [-0.39, 0.29) is 11.9 Å². The molecule has 0 radical (unpaired) electrons. The summed E-state index contributed by atoms with van der Waals surface area (Å²) in [4.78, 5) is 16.7. The van der Waals surface area contributed by atoms with Crippen LogP contribution in [-0.4, -0.2) is 45.6 Å². The predicted molar refractivity (Wildman–Crippen MR) is 96.1 cm³/mol. The molecule has 1 amide bonds. The van der Waals surface area contributed by atoms with Crippen LogP contribution in [0.1, 0.15) is 47.4 Å². The molecule has 2 aromatic rings. The van der Waals surface area contributed by atoms with Crippen molar-refractivity contribution in [2.75, 3.05) is 20.1 Å². The lowest BCUT2D eigenvalue weighted by Gasteiger charge is -2.26. The molecule has 1 fully saturated rings. The quantitative estimate of drug-likeness (QED) is 0.837. The Balaban J connectivity index is 1.67. The summed E-state index contributed by atoms with van der Waals surface area (Å²) in [6.45, 7) is 7.99. The molecule has 1 saturated heterocycles. The van der Waals surface area contributed by atoms with E-state index in [9.17, 15) is 4.79 Å². The first kappa shape index (κ1) is 17.7. The smallest absolute Gasteiger partial charge is 0.236 e. The van der Waals surface area contributed by atoms with E-state index >= 15 is 0 Å². The van der Waals surface area contributed by atoms with Gasteiger partial charge in [0.05, 0.1) is 18.8 Å². The van der Waals surface area contributed by atoms with Gasteiger partial charge in [0.1, 0.15) is 11.5 Å². The third kappa shape index (κ3) is 3.63. The zero-order chi connectivity index (χ0) is 18.1. The molecular formula is C19H28N4O2. The lowest BCUT2D eigenvalue weighted by atomic mass is 10.0. The number of hydrogen-bond donors (Lipinski definition) is 0. The van der Waals surface area contributed by atoms with Gasteiger partial charge in [0.25, 0.3) is 0 Å². The number of furan rings is 1. The lowest BCUT2D eigenvalue weighted by molar-refractivity contribution is -0.132. The van der Waals surface area contributed by atoms with E-state index in [2.05, 4.69) is 23.8 Å². The van der Waals surface area contributed by atoms with E-state index in [1.54, 1.807) is 4.90 Å². The number of aromatic nitrogens is 2. The van der Waals surface area contributed by atoms with Crippen molar-refractivity contribution in [3.8, 4) is 0 Å². The second kappa shape index (κ2) is 7.04. The van der Waals surface area contributed by atoms with Crippen LogP contribution in [-0.2, 0) is 18.4 Å². The van der Waals surface area contributed by atoms with E-state index in [4.69, 9.17) is 4.42 Å². The summed E-state index contributed by atoms with van der Waals surface area (Å²) < 4.78 is 7.52. The van der Waals surface area contributed by atoms with E-state index in [0.29, 0.717) is 13.1 Å². The lowest BCUT2D eigenvalue weighted by Crippen LogP contribution is -2.38. The molecule has 6 nitrogen and oxygen atoms in total. The first-order valence-corrected chi connectivity index (χ1v) is 8.90. The van der Waals surface area contributed by atoms with Crippen LogP contribution < -0.4 is 0 Å². The van der Waals surface area contributed by atoms with Crippen molar-refractivity contribution < 1.29 is 9.21 Å². The van der Waals surface area contributed by atoms with Gasteiger partial charge in [0, 0.05) is 31.4 Å². The molecule has 136 valence electrons. The average molecular weight is 344 g/mol. The largest absolute Gasteiger partial charge is 0.464 e. The molecular weight excluding hydrogens is 316 g/mol. The van der Waals surface area contributed by atoms with Crippen LogP contribution in [0.25, 0.3) is 0 Å². The molecule has 0 unspecified atom stereocenters. The van der Waals surface area contributed by atoms with Crippen LogP contribution >= 0.6 is 0 Å². The Bertz CT molecular complexity index is 762. The summed E-state index contributed by atoms with van der Waals surface area (Å²) in [6, 6.07) is 4.15. The van der Waals surface area contributed by atoms with Crippen LogP contribution in [0.4, 0.5) is 0 Å². The van der Waals surface area contributed by atoms with Gasteiger partial charge < -0.3 is 9.32 Å². The molecule has 0 spiro atoms. The van der Waals surface area contributed by atoms with Gasteiger partial charge in [0.15, 0.2) is 0 Å². The van der Waals surface area contributed by atoms with Crippen molar-refractivity contribution in [1.29, 1.82) is 0 Å². The van der Waals surface area contributed by atoms with Gasteiger partial charge in [-0.3, -0.25) is 14.4 Å². The van der Waals surface area contributed by atoms with Crippen LogP contribution in [0.5, 0.6) is 0 Å². The van der Waals surface area contributed by atoms with Gasteiger partial charge in [-0.2, -0.15) is 5.10 Å². The second-order valence-corrected chi connectivity index (χ2v) is 7.10. The third-order valence-electron chi connectivity index (χ3n) is 5.22. The molecule has 2 aromatic heterocycles. The maximum atomic E-state index is 12.7. The maximum Gasteiger partial charge on any atom is 0.236 e. The number of amides is 1. The minimum Gasteiger partial charge on any atom is -0.464 e. The molecule has 0 N–H and O–H groups in total. The van der Waals surface area contributed by atoms with Gasteiger partial charge in [-0.25, -0.2) is 0 Å². The number of likely N-dealkylation sites (tertiary alicyclic amines) is 1. The zero-order valence-corrected chi connectivity index (χ0v) is 15.9.